The van der Waals surface area contributed by atoms with Crippen LogP contribution in [0.4, 0.5) is 0 Å². The van der Waals surface area contributed by atoms with E-state index >= 15 is 0 Å². The summed E-state index contributed by atoms with van der Waals surface area (Å²) in [5, 5.41) is 0. The number of aromatic amines is 1. The third kappa shape index (κ3) is 2.10. The molecule has 1 N–H and O–H groups in total. The Hall–Kier alpha value is -1.13. The number of piperidine rings is 1. The molecule has 3 nitrogen and oxygen atoms in total. The predicted octanol–water partition coefficient (Wildman–Crippen LogP) is 3.18. The summed E-state index contributed by atoms with van der Waals surface area (Å²) < 4.78 is 3.09. The Morgan fingerprint density at radius 2 is 2.17 bits per heavy atom. The Bertz CT molecular complexity index is 598. The van der Waals surface area contributed by atoms with Crippen LogP contribution < -0.4 is 0 Å². The SMILES string of the molecule is CN1CCCCC1Cn1c(=S)[nH]c2ccccc21. The number of hydrogen-bond acceptors (Lipinski definition) is 2. The lowest BCUT2D eigenvalue weighted by atomic mass is 10.0. The molecular formula is C14H19N3S. The molecule has 96 valence electrons. The maximum atomic E-state index is 5.45. The van der Waals surface area contributed by atoms with Crippen LogP contribution in [0.3, 0.4) is 0 Å². The van der Waals surface area contributed by atoms with Crippen molar-refractivity contribution >= 4 is 23.3 Å². The summed E-state index contributed by atoms with van der Waals surface area (Å²) in [6, 6.07) is 8.97. The van der Waals surface area contributed by atoms with Gasteiger partial charge in [-0.2, -0.15) is 0 Å². The Morgan fingerprint density at radius 3 is 3.00 bits per heavy atom. The van der Waals surface area contributed by atoms with Crippen LogP contribution in [0.1, 0.15) is 19.3 Å². The molecule has 1 atom stereocenters. The Kier molecular flexibility index (Phi) is 3.22. The fraction of sp³-hybridized carbons (Fsp3) is 0.500. The van der Waals surface area contributed by atoms with E-state index < -0.39 is 0 Å². The third-order valence-corrected chi connectivity index (χ3v) is 4.32. The molecule has 0 saturated carbocycles. The zero-order chi connectivity index (χ0) is 12.5. The van der Waals surface area contributed by atoms with Gasteiger partial charge in [0.25, 0.3) is 0 Å². The lowest BCUT2D eigenvalue weighted by molar-refractivity contribution is 0.168. The molecule has 2 heterocycles. The number of imidazole rings is 1. The van der Waals surface area contributed by atoms with Crippen molar-refractivity contribution in [2.75, 3.05) is 13.6 Å². The maximum Gasteiger partial charge on any atom is 0.178 e. The fourth-order valence-electron chi connectivity index (χ4n) is 2.87. The van der Waals surface area contributed by atoms with E-state index in [1.165, 1.54) is 31.3 Å². The number of nitrogens with zero attached hydrogens (tertiary/aromatic N) is 2. The number of H-pyrrole nitrogens is 1. The molecule has 1 aliphatic rings. The van der Waals surface area contributed by atoms with E-state index in [9.17, 15) is 0 Å². The molecule has 1 fully saturated rings. The largest absolute Gasteiger partial charge is 0.331 e. The van der Waals surface area contributed by atoms with Gasteiger partial charge in [-0.25, -0.2) is 0 Å². The summed E-state index contributed by atoms with van der Waals surface area (Å²) in [5.41, 5.74) is 2.36. The van der Waals surface area contributed by atoms with Crippen LogP contribution in [0.2, 0.25) is 0 Å². The van der Waals surface area contributed by atoms with Gasteiger partial charge in [-0.15, -0.1) is 0 Å². The van der Waals surface area contributed by atoms with Gasteiger partial charge in [-0.05, 0) is 50.8 Å². The highest BCUT2D eigenvalue weighted by Crippen LogP contribution is 2.20. The monoisotopic (exact) mass is 261 g/mol. The number of rotatable bonds is 2. The normalized spacial score (nSPS) is 21.5. The van der Waals surface area contributed by atoms with Gasteiger partial charge in [0, 0.05) is 12.6 Å². The molecule has 4 heteroatoms. The van der Waals surface area contributed by atoms with Gasteiger partial charge in [0.1, 0.15) is 0 Å². The van der Waals surface area contributed by atoms with E-state index in [0.717, 1.165) is 16.8 Å². The van der Waals surface area contributed by atoms with Gasteiger partial charge >= 0.3 is 0 Å². The van der Waals surface area contributed by atoms with Gasteiger partial charge in [0.15, 0.2) is 4.77 Å². The third-order valence-electron chi connectivity index (χ3n) is 4.00. The summed E-state index contributed by atoms with van der Waals surface area (Å²) in [5.74, 6) is 0. The standard InChI is InChI=1S/C14H19N3S/c1-16-9-5-4-6-11(16)10-17-13-8-3-2-7-12(13)15-14(17)18/h2-3,7-8,11H,4-6,9-10H2,1H3,(H,15,18). The molecule has 1 aromatic carbocycles. The lowest BCUT2D eigenvalue weighted by Gasteiger charge is -2.32. The maximum absolute atomic E-state index is 5.45. The molecule has 0 spiro atoms. The second-order valence-electron chi connectivity index (χ2n) is 5.19. The number of likely N-dealkylation sites (N-methyl/N-ethyl adjacent to an activating group) is 1. The van der Waals surface area contributed by atoms with Gasteiger partial charge in [0.05, 0.1) is 11.0 Å². The first-order valence-corrected chi connectivity index (χ1v) is 7.04. The smallest absolute Gasteiger partial charge is 0.178 e. The van der Waals surface area contributed by atoms with Crippen molar-refractivity contribution in [1.29, 1.82) is 0 Å². The molecule has 0 bridgehead atoms. The molecule has 0 amide bonds. The van der Waals surface area contributed by atoms with Crippen LogP contribution in [0.15, 0.2) is 24.3 Å². The first kappa shape index (κ1) is 11.9. The Balaban J connectivity index is 1.94. The first-order chi connectivity index (χ1) is 8.75. The van der Waals surface area contributed by atoms with E-state index in [4.69, 9.17) is 12.2 Å². The number of hydrogen-bond donors (Lipinski definition) is 1. The zero-order valence-electron chi connectivity index (χ0n) is 10.7. The second-order valence-corrected chi connectivity index (χ2v) is 5.57. The summed E-state index contributed by atoms with van der Waals surface area (Å²) in [6.07, 6.45) is 3.94. The van der Waals surface area contributed by atoms with E-state index in [1.807, 2.05) is 6.07 Å². The van der Waals surface area contributed by atoms with Crippen LogP contribution >= 0.6 is 12.2 Å². The van der Waals surface area contributed by atoms with E-state index in [1.54, 1.807) is 0 Å². The van der Waals surface area contributed by atoms with Gasteiger partial charge < -0.3 is 14.5 Å². The van der Waals surface area contributed by atoms with Crippen LogP contribution in [0, 0.1) is 4.77 Å². The average molecular weight is 261 g/mol. The van der Waals surface area contributed by atoms with Crippen LogP contribution in [0.5, 0.6) is 0 Å². The van der Waals surface area contributed by atoms with Crippen LogP contribution in [-0.4, -0.2) is 34.1 Å². The summed E-state index contributed by atoms with van der Waals surface area (Å²) in [4.78, 5) is 5.76. The number of likely N-dealkylation sites (tertiary alicyclic amines) is 1. The van der Waals surface area contributed by atoms with E-state index in [-0.39, 0.29) is 0 Å². The van der Waals surface area contributed by atoms with Crippen molar-refractivity contribution in [1.82, 2.24) is 14.5 Å². The Labute approximate surface area is 112 Å². The van der Waals surface area contributed by atoms with Gasteiger partial charge in [-0.3, -0.25) is 0 Å². The van der Waals surface area contributed by atoms with Crippen LogP contribution in [0.25, 0.3) is 11.0 Å². The van der Waals surface area contributed by atoms with Gasteiger partial charge in [0.2, 0.25) is 0 Å². The number of fused-ring (bicyclic) bond motifs is 1. The molecule has 18 heavy (non-hydrogen) atoms. The van der Waals surface area contributed by atoms with E-state index in [0.29, 0.717) is 6.04 Å². The summed E-state index contributed by atoms with van der Waals surface area (Å²) >= 11 is 5.45. The zero-order valence-corrected chi connectivity index (χ0v) is 11.5. The minimum Gasteiger partial charge on any atom is -0.331 e. The minimum atomic E-state index is 0.615. The van der Waals surface area contributed by atoms with Crippen LogP contribution in [-0.2, 0) is 6.54 Å². The molecule has 1 saturated heterocycles. The molecule has 0 radical (unpaired) electrons. The van der Waals surface area contributed by atoms with Crippen molar-refractivity contribution < 1.29 is 0 Å². The topological polar surface area (TPSA) is 24.0 Å². The van der Waals surface area contributed by atoms with Crippen molar-refractivity contribution in [3.8, 4) is 0 Å². The number of aromatic nitrogens is 2. The average Bonchev–Trinajstić information content (AvgIpc) is 2.69. The second kappa shape index (κ2) is 4.86. The lowest BCUT2D eigenvalue weighted by Crippen LogP contribution is -2.39. The number of benzene rings is 1. The Morgan fingerprint density at radius 1 is 1.33 bits per heavy atom. The van der Waals surface area contributed by atoms with Crippen molar-refractivity contribution in [2.45, 2.75) is 31.8 Å². The highest BCUT2D eigenvalue weighted by Gasteiger charge is 2.20. The molecule has 1 unspecified atom stereocenters. The fourth-order valence-corrected chi connectivity index (χ4v) is 3.16. The molecular weight excluding hydrogens is 242 g/mol. The first-order valence-electron chi connectivity index (χ1n) is 6.63. The van der Waals surface area contributed by atoms with Crippen molar-refractivity contribution in [3.05, 3.63) is 29.0 Å². The minimum absolute atomic E-state index is 0.615. The quantitative estimate of drug-likeness (QED) is 0.840. The highest BCUT2D eigenvalue weighted by molar-refractivity contribution is 7.71. The molecule has 2 aromatic rings. The molecule has 1 aliphatic heterocycles. The summed E-state index contributed by atoms with van der Waals surface area (Å²) in [7, 11) is 2.22. The van der Waals surface area contributed by atoms with Crippen molar-refractivity contribution in [3.63, 3.8) is 0 Å². The molecule has 0 aliphatic carbocycles. The molecule has 1 aromatic heterocycles. The van der Waals surface area contributed by atoms with Crippen molar-refractivity contribution in [2.24, 2.45) is 0 Å². The predicted molar refractivity (Wildman–Crippen MR) is 77.4 cm³/mol. The highest BCUT2D eigenvalue weighted by atomic mass is 32.1. The van der Waals surface area contributed by atoms with E-state index in [2.05, 4.69) is 39.7 Å². The number of nitrogens with one attached hydrogen (secondary N) is 1. The summed E-state index contributed by atoms with van der Waals surface area (Å²) in [6.45, 7) is 2.21. The molecule has 3 rings (SSSR count). The number of para-hydroxylation sites is 2. The van der Waals surface area contributed by atoms with Gasteiger partial charge in [-0.1, -0.05) is 18.6 Å².